The molecule has 23 heavy (non-hydrogen) atoms. The number of rotatable bonds is 4. The summed E-state index contributed by atoms with van der Waals surface area (Å²) in [6.07, 6.45) is 3.03. The summed E-state index contributed by atoms with van der Waals surface area (Å²) >= 11 is 0. The first-order chi connectivity index (χ1) is 11.0. The van der Waals surface area contributed by atoms with Crippen molar-refractivity contribution >= 4 is 11.6 Å². The highest BCUT2D eigenvalue weighted by atomic mass is 19.1. The van der Waals surface area contributed by atoms with Gasteiger partial charge < -0.3 is 0 Å². The van der Waals surface area contributed by atoms with Crippen LogP contribution in [0.1, 0.15) is 33.2 Å². The van der Waals surface area contributed by atoms with Gasteiger partial charge in [0, 0.05) is 17.3 Å². The van der Waals surface area contributed by atoms with E-state index < -0.39 is 0 Å². The topological polar surface area (TPSA) is 52.0 Å². The van der Waals surface area contributed by atoms with E-state index in [1.165, 1.54) is 29.9 Å². The fourth-order valence-electron chi connectivity index (χ4n) is 2.22. The molecular weight excluding hydrogens is 295 g/mol. The molecule has 1 heterocycles. The van der Waals surface area contributed by atoms with Gasteiger partial charge >= 0.3 is 0 Å². The summed E-state index contributed by atoms with van der Waals surface area (Å²) in [5.74, 6) is -0.652. The van der Waals surface area contributed by atoms with Crippen molar-refractivity contribution in [1.82, 2.24) is 9.78 Å². The summed E-state index contributed by atoms with van der Waals surface area (Å²) in [7, 11) is 0. The Kier molecular flexibility index (Phi) is 3.85. The summed E-state index contributed by atoms with van der Waals surface area (Å²) < 4.78 is 14.5. The minimum Gasteiger partial charge on any atom is -0.295 e. The molecule has 2 aromatic carbocycles. The van der Waals surface area contributed by atoms with Crippen LogP contribution in [0.25, 0.3) is 5.69 Å². The zero-order valence-electron chi connectivity index (χ0n) is 12.4. The third-order valence-corrected chi connectivity index (χ3v) is 3.47. The van der Waals surface area contributed by atoms with Gasteiger partial charge in [0.1, 0.15) is 5.82 Å². The van der Waals surface area contributed by atoms with Crippen LogP contribution >= 0.6 is 0 Å². The lowest BCUT2D eigenvalue weighted by atomic mass is 10.0. The van der Waals surface area contributed by atoms with Crippen molar-refractivity contribution in [2.75, 3.05) is 0 Å². The number of nitrogens with zero attached hydrogens (tertiary/aromatic N) is 2. The highest BCUT2D eigenvalue weighted by molar-refractivity contribution is 6.10. The van der Waals surface area contributed by atoms with Crippen molar-refractivity contribution < 1.29 is 14.0 Å². The zero-order chi connectivity index (χ0) is 16.4. The Bertz CT molecular complexity index is 882. The standard InChI is InChI=1S/C18H13FN2O2/c1-12(22)13-3-2-4-14(9-13)18(23)15-10-20-21(11-15)17-7-5-16(19)6-8-17/h2-11H,1H3. The molecule has 3 aromatic rings. The van der Waals surface area contributed by atoms with Gasteiger partial charge in [-0.2, -0.15) is 5.10 Å². The molecule has 5 heteroatoms. The van der Waals surface area contributed by atoms with Gasteiger partial charge in [-0.05, 0) is 37.3 Å². The van der Waals surface area contributed by atoms with Gasteiger partial charge in [0.05, 0.1) is 17.4 Å². The number of benzene rings is 2. The molecule has 114 valence electrons. The van der Waals surface area contributed by atoms with Gasteiger partial charge in [0.15, 0.2) is 11.6 Å². The molecule has 1 aromatic heterocycles. The van der Waals surface area contributed by atoms with E-state index >= 15 is 0 Å². The first-order valence-electron chi connectivity index (χ1n) is 7.01. The number of aromatic nitrogens is 2. The van der Waals surface area contributed by atoms with E-state index in [1.807, 2.05) is 0 Å². The molecule has 4 nitrogen and oxygen atoms in total. The number of hydrogen-bond acceptors (Lipinski definition) is 3. The molecule has 0 aliphatic rings. The largest absolute Gasteiger partial charge is 0.295 e. The first-order valence-corrected chi connectivity index (χ1v) is 7.01. The van der Waals surface area contributed by atoms with Crippen LogP contribution < -0.4 is 0 Å². The number of carbonyl (C=O) groups excluding carboxylic acids is 2. The van der Waals surface area contributed by atoms with Gasteiger partial charge in [-0.3, -0.25) is 9.59 Å². The van der Waals surface area contributed by atoms with Crippen molar-refractivity contribution in [3.05, 3.63) is 83.4 Å². The van der Waals surface area contributed by atoms with Crippen LogP contribution in [0, 0.1) is 5.82 Å². The highest BCUT2D eigenvalue weighted by Crippen LogP contribution is 2.14. The van der Waals surface area contributed by atoms with Gasteiger partial charge in [-0.1, -0.05) is 18.2 Å². The van der Waals surface area contributed by atoms with Gasteiger partial charge in [0.2, 0.25) is 0 Å². The van der Waals surface area contributed by atoms with Crippen molar-refractivity contribution in [2.24, 2.45) is 0 Å². The quantitative estimate of drug-likeness (QED) is 0.694. The van der Waals surface area contributed by atoms with E-state index in [1.54, 1.807) is 42.6 Å². The molecule has 0 aliphatic carbocycles. The molecule has 0 saturated carbocycles. The normalized spacial score (nSPS) is 10.5. The second-order valence-corrected chi connectivity index (χ2v) is 5.12. The minimum atomic E-state index is -0.335. The highest BCUT2D eigenvalue weighted by Gasteiger charge is 2.13. The van der Waals surface area contributed by atoms with Crippen LogP contribution in [0.15, 0.2) is 60.9 Å². The van der Waals surface area contributed by atoms with Crippen LogP contribution in [0.5, 0.6) is 0 Å². The summed E-state index contributed by atoms with van der Waals surface area (Å²) in [4.78, 5) is 23.9. The number of hydrogen-bond donors (Lipinski definition) is 0. The van der Waals surface area contributed by atoms with Crippen molar-refractivity contribution in [3.63, 3.8) is 0 Å². The number of Topliss-reactive ketones (excluding diaryl/α,β-unsaturated/α-hetero) is 1. The molecule has 0 aliphatic heterocycles. The molecule has 0 saturated heterocycles. The lowest BCUT2D eigenvalue weighted by Crippen LogP contribution is -2.02. The van der Waals surface area contributed by atoms with E-state index in [0.717, 1.165) is 0 Å². The fourth-order valence-corrected chi connectivity index (χ4v) is 2.22. The van der Waals surface area contributed by atoms with Gasteiger partial charge in [-0.25, -0.2) is 9.07 Å². The SMILES string of the molecule is CC(=O)c1cccc(C(=O)c2cnn(-c3ccc(F)cc3)c2)c1. The summed E-state index contributed by atoms with van der Waals surface area (Å²) in [5, 5.41) is 4.13. The lowest BCUT2D eigenvalue weighted by molar-refractivity contribution is 0.101. The summed E-state index contributed by atoms with van der Waals surface area (Å²) in [5.41, 5.74) is 1.97. The third kappa shape index (κ3) is 3.08. The maximum absolute atomic E-state index is 12.9. The van der Waals surface area contributed by atoms with E-state index in [2.05, 4.69) is 5.10 Å². The predicted octanol–water partition coefficient (Wildman–Crippen LogP) is 3.45. The maximum Gasteiger partial charge on any atom is 0.196 e. The Morgan fingerprint density at radius 3 is 2.39 bits per heavy atom. The Morgan fingerprint density at radius 1 is 1.00 bits per heavy atom. The second kappa shape index (κ2) is 5.96. The smallest absolute Gasteiger partial charge is 0.196 e. The first kappa shape index (κ1) is 14.8. The summed E-state index contributed by atoms with van der Waals surface area (Å²) in [6, 6.07) is 12.4. The van der Waals surface area contributed by atoms with Crippen molar-refractivity contribution in [2.45, 2.75) is 6.92 Å². The van der Waals surface area contributed by atoms with Crippen molar-refractivity contribution in [1.29, 1.82) is 0 Å². The third-order valence-electron chi connectivity index (χ3n) is 3.47. The molecule has 0 fully saturated rings. The molecule has 0 bridgehead atoms. The van der Waals surface area contributed by atoms with Crippen LogP contribution in [0.3, 0.4) is 0 Å². The molecule has 0 unspecified atom stereocenters. The van der Waals surface area contributed by atoms with Gasteiger partial charge in [-0.15, -0.1) is 0 Å². The molecule has 0 radical (unpaired) electrons. The van der Waals surface area contributed by atoms with E-state index in [-0.39, 0.29) is 17.4 Å². The average molecular weight is 308 g/mol. The molecule has 0 amide bonds. The molecular formula is C18H13FN2O2. The second-order valence-electron chi connectivity index (χ2n) is 5.12. The van der Waals surface area contributed by atoms with Crippen LogP contribution in [-0.2, 0) is 0 Å². The Labute approximate surface area is 132 Å². The van der Waals surface area contributed by atoms with Gasteiger partial charge in [0.25, 0.3) is 0 Å². The summed E-state index contributed by atoms with van der Waals surface area (Å²) in [6.45, 7) is 1.45. The number of halogens is 1. The molecule has 0 atom stereocenters. The lowest BCUT2D eigenvalue weighted by Gasteiger charge is -2.01. The van der Waals surface area contributed by atoms with E-state index in [0.29, 0.717) is 22.4 Å². The Balaban J connectivity index is 1.90. The van der Waals surface area contributed by atoms with Crippen LogP contribution in [0.2, 0.25) is 0 Å². The predicted molar refractivity (Wildman–Crippen MR) is 83.4 cm³/mol. The zero-order valence-corrected chi connectivity index (χ0v) is 12.4. The monoisotopic (exact) mass is 308 g/mol. The fraction of sp³-hybridized carbons (Fsp3) is 0.0556. The average Bonchev–Trinajstić information content (AvgIpc) is 3.05. The molecule has 0 spiro atoms. The Hall–Kier alpha value is -3.08. The maximum atomic E-state index is 12.9. The Morgan fingerprint density at radius 2 is 1.70 bits per heavy atom. The number of carbonyl (C=O) groups is 2. The van der Waals surface area contributed by atoms with E-state index in [9.17, 15) is 14.0 Å². The van der Waals surface area contributed by atoms with E-state index in [4.69, 9.17) is 0 Å². The number of ketones is 2. The minimum absolute atomic E-state index is 0.0957. The van der Waals surface area contributed by atoms with Crippen LogP contribution in [0.4, 0.5) is 4.39 Å². The molecule has 3 rings (SSSR count). The van der Waals surface area contributed by atoms with Crippen molar-refractivity contribution in [3.8, 4) is 5.69 Å². The molecule has 0 N–H and O–H groups in total. The van der Waals surface area contributed by atoms with Crippen LogP contribution in [-0.4, -0.2) is 21.3 Å².